The van der Waals surface area contributed by atoms with Crippen LogP contribution in [0.1, 0.15) is 11.1 Å². The molecule has 0 atom stereocenters. The predicted octanol–water partition coefficient (Wildman–Crippen LogP) is 3.27. The van der Waals surface area contributed by atoms with Crippen molar-refractivity contribution in [2.45, 2.75) is 0 Å². The molecule has 2 aromatic rings. The van der Waals surface area contributed by atoms with E-state index in [0.29, 0.717) is 16.9 Å². The quantitative estimate of drug-likeness (QED) is 0.851. The first-order chi connectivity index (χ1) is 11.1. The molecule has 2 aromatic carbocycles. The summed E-state index contributed by atoms with van der Waals surface area (Å²) < 4.78 is 10.2. The lowest BCUT2D eigenvalue weighted by Crippen LogP contribution is -1.98. The van der Waals surface area contributed by atoms with Gasteiger partial charge in [0.15, 0.2) is 11.5 Å². The molecule has 3 rings (SSSR count). The molecule has 1 aliphatic heterocycles. The maximum atomic E-state index is 12.0. The number of carbonyl (C=O) groups is 1. The molecule has 0 saturated heterocycles. The van der Waals surface area contributed by atoms with Gasteiger partial charge in [0.25, 0.3) is 0 Å². The highest BCUT2D eigenvalue weighted by Crippen LogP contribution is 2.33. The number of phenols is 1. The molecule has 0 fully saturated rings. The minimum absolute atomic E-state index is 0.0755. The van der Waals surface area contributed by atoms with E-state index in [9.17, 15) is 15.0 Å². The van der Waals surface area contributed by atoms with Crippen LogP contribution < -0.4 is 4.74 Å². The molecule has 2 N–H and O–H groups in total. The molecular weight excluding hydrogens is 296 g/mol. The normalized spacial score (nSPS) is 15.9. The molecule has 5 nitrogen and oxygen atoms in total. The Labute approximate surface area is 132 Å². The maximum Gasteiger partial charge on any atom is 0.348 e. The number of rotatable bonds is 3. The number of esters is 1. The lowest BCUT2D eigenvalue weighted by molar-refractivity contribution is -0.131. The zero-order chi connectivity index (χ0) is 16.4. The Morgan fingerprint density at radius 2 is 1.65 bits per heavy atom. The van der Waals surface area contributed by atoms with Gasteiger partial charge in [-0.1, -0.05) is 24.3 Å². The SMILES string of the molecule is COc1ccc(C2=C(O)/C(=C/c3ccc(O)cc3)OC2=O)cc1. The molecule has 0 radical (unpaired) electrons. The number of hydrogen-bond acceptors (Lipinski definition) is 5. The van der Waals surface area contributed by atoms with Crippen LogP contribution in [0.5, 0.6) is 11.5 Å². The highest BCUT2D eigenvalue weighted by molar-refractivity contribution is 6.20. The number of aliphatic hydroxyl groups is 1. The van der Waals surface area contributed by atoms with Crippen molar-refractivity contribution in [3.63, 3.8) is 0 Å². The Morgan fingerprint density at radius 3 is 2.26 bits per heavy atom. The summed E-state index contributed by atoms with van der Waals surface area (Å²) in [5.41, 5.74) is 1.34. The third kappa shape index (κ3) is 2.89. The molecular formula is C18H14O5. The van der Waals surface area contributed by atoms with Crippen LogP contribution in [0.25, 0.3) is 11.6 Å². The zero-order valence-electron chi connectivity index (χ0n) is 12.3. The summed E-state index contributed by atoms with van der Waals surface area (Å²) in [7, 11) is 1.55. The van der Waals surface area contributed by atoms with Gasteiger partial charge in [0.1, 0.15) is 17.1 Å². The fraction of sp³-hybridized carbons (Fsp3) is 0.0556. The third-order valence-corrected chi connectivity index (χ3v) is 3.45. The van der Waals surface area contributed by atoms with Crippen molar-refractivity contribution in [3.05, 3.63) is 71.2 Å². The van der Waals surface area contributed by atoms with Gasteiger partial charge in [-0.2, -0.15) is 0 Å². The van der Waals surface area contributed by atoms with Crippen LogP contribution in [0.2, 0.25) is 0 Å². The molecule has 0 amide bonds. The Kier molecular flexibility index (Phi) is 3.76. The lowest BCUT2D eigenvalue weighted by atomic mass is 10.0. The summed E-state index contributed by atoms with van der Waals surface area (Å²) in [6.07, 6.45) is 1.53. The van der Waals surface area contributed by atoms with Gasteiger partial charge in [0.2, 0.25) is 0 Å². The van der Waals surface area contributed by atoms with E-state index in [1.54, 1.807) is 43.5 Å². The second-order valence-electron chi connectivity index (χ2n) is 4.94. The topological polar surface area (TPSA) is 76.0 Å². The van der Waals surface area contributed by atoms with Gasteiger partial charge >= 0.3 is 5.97 Å². The van der Waals surface area contributed by atoms with E-state index in [0.717, 1.165) is 0 Å². The van der Waals surface area contributed by atoms with Gasteiger partial charge in [-0.15, -0.1) is 0 Å². The first kappa shape index (κ1) is 14.7. The number of aromatic hydroxyl groups is 1. The second kappa shape index (κ2) is 5.88. The number of carbonyl (C=O) groups excluding carboxylic acids is 1. The molecule has 23 heavy (non-hydrogen) atoms. The minimum atomic E-state index is -0.613. The smallest absolute Gasteiger partial charge is 0.348 e. The predicted molar refractivity (Wildman–Crippen MR) is 84.7 cm³/mol. The summed E-state index contributed by atoms with van der Waals surface area (Å²) in [6.45, 7) is 0. The van der Waals surface area contributed by atoms with Gasteiger partial charge in [0.05, 0.1) is 7.11 Å². The summed E-state index contributed by atoms with van der Waals surface area (Å²) in [6, 6.07) is 13.1. The molecule has 116 valence electrons. The molecule has 0 bridgehead atoms. The van der Waals surface area contributed by atoms with Crippen LogP contribution >= 0.6 is 0 Å². The van der Waals surface area contributed by atoms with Crippen LogP contribution in [0.3, 0.4) is 0 Å². The molecule has 0 aromatic heterocycles. The second-order valence-corrected chi connectivity index (χ2v) is 4.94. The zero-order valence-corrected chi connectivity index (χ0v) is 12.3. The highest BCUT2D eigenvalue weighted by atomic mass is 16.6. The van der Waals surface area contributed by atoms with E-state index >= 15 is 0 Å². The number of aliphatic hydroxyl groups excluding tert-OH is 1. The maximum absolute atomic E-state index is 12.0. The van der Waals surface area contributed by atoms with Crippen molar-refractivity contribution in [3.8, 4) is 11.5 Å². The molecule has 1 aliphatic rings. The van der Waals surface area contributed by atoms with E-state index in [4.69, 9.17) is 9.47 Å². The van der Waals surface area contributed by atoms with Crippen LogP contribution in [-0.4, -0.2) is 23.3 Å². The van der Waals surface area contributed by atoms with Crippen molar-refractivity contribution in [2.24, 2.45) is 0 Å². The number of cyclic esters (lactones) is 1. The van der Waals surface area contributed by atoms with E-state index in [-0.39, 0.29) is 22.8 Å². The van der Waals surface area contributed by atoms with Gasteiger partial charge in [-0.25, -0.2) is 4.79 Å². The van der Waals surface area contributed by atoms with Crippen molar-refractivity contribution >= 4 is 17.6 Å². The van der Waals surface area contributed by atoms with Crippen LogP contribution in [0, 0.1) is 0 Å². The number of hydrogen-bond donors (Lipinski definition) is 2. The standard InChI is InChI=1S/C18H14O5/c1-22-14-8-4-12(5-9-14)16-17(20)15(23-18(16)21)10-11-2-6-13(19)7-3-11/h2-10,19-20H,1H3/b15-10-. The van der Waals surface area contributed by atoms with Crippen molar-refractivity contribution in [2.75, 3.05) is 7.11 Å². The molecule has 0 unspecified atom stereocenters. The summed E-state index contributed by atoms with van der Waals surface area (Å²) in [5, 5.41) is 19.6. The third-order valence-electron chi connectivity index (χ3n) is 3.45. The van der Waals surface area contributed by atoms with E-state index in [1.165, 1.54) is 18.2 Å². The van der Waals surface area contributed by atoms with Crippen LogP contribution in [0.15, 0.2) is 60.0 Å². The number of methoxy groups -OCH3 is 1. The van der Waals surface area contributed by atoms with E-state index in [2.05, 4.69) is 0 Å². The van der Waals surface area contributed by atoms with Gasteiger partial charge in [-0.05, 0) is 41.5 Å². The van der Waals surface area contributed by atoms with Gasteiger partial charge < -0.3 is 19.7 Å². The van der Waals surface area contributed by atoms with Crippen molar-refractivity contribution in [1.82, 2.24) is 0 Å². The first-order valence-corrected chi connectivity index (χ1v) is 6.89. The monoisotopic (exact) mass is 310 g/mol. The lowest BCUT2D eigenvalue weighted by Gasteiger charge is -2.02. The summed E-state index contributed by atoms with van der Waals surface area (Å²) in [5.74, 6) is 0.0340. The van der Waals surface area contributed by atoms with E-state index < -0.39 is 5.97 Å². The fourth-order valence-corrected chi connectivity index (χ4v) is 2.25. The minimum Gasteiger partial charge on any atom is -0.508 e. The Hall–Kier alpha value is -3.21. The Bertz CT molecular complexity index is 798. The van der Waals surface area contributed by atoms with Gasteiger partial charge in [-0.3, -0.25) is 0 Å². The largest absolute Gasteiger partial charge is 0.508 e. The number of phenolic OH excluding ortho intramolecular Hbond substituents is 1. The highest BCUT2D eigenvalue weighted by Gasteiger charge is 2.31. The summed E-state index contributed by atoms with van der Waals surface area (Å²) >= 11 is 0. The van der Waals surface area contributed by atoms with E-state index in [1.807, 2.05) is 0 Å². The van der Waals surface area contributed by atoms with Crippen molar-refractivity contribution < 1.29 is 24.5 Å². The van der Waals surface area contributed by atoms with Crippen LogP contribution in [-0.2, 0) is 9.53 Å². The summed E-state index contributed by atoms with van der Waals surface area (Å²) in [4.78, 5) is 12.0. The molecule has 0 aliphatic carbocycles. The molecule has 1 heterocycles. The average molecular weight is 310 g/mol. The average Bonchev–Trinajstić information content (AvgIpc) is 2.84. The van der Waals surface area contributed by atoms with Crippen LogP contribution in [0.4, 0.5) is 0 Å². The van der Waals surface area contributed by atoms with Crippen molar-refractivity contribution in [1.29, 1.82) is 0 Å². The fourth-order valence-electron chi connectivity index (χ4n) is 2.25. The molecule has 0 spiro atoms. The number of benzene rings is 2. The number of ether oxygens (including phenoxy) is 2. The molecule has 5 heteroatoms. The molecule has 0 saturated carbocycles. The Morgan fingerprint density at radius 1 is 1.00 bits per heavy atom. The Balaban J connectivity index is 1.97. The first-order valence-electron chi connectivity index (χ1n) is 6.89. The van der Waals surface area contributed by atoms with Gasteiger partial charge in [0, 0.05) is 0 Å².